The Bertz CT molecular complexity index is 600. The van der Waals surface area contributed by atoms with Gasteiger partial charge in [0.2, 0.25) is 0 Å². The number of hydrogen-bond donors (Lipinski definition) is 1. The molecule has 2 N–H and O–H groups in total. The van der Waals surface area contributed by atoms with Crippen LogP contribution in [0.15, 0.2) is 36.4 Å². The molecule has 0 fully saturated rings. The molecule has 1 atom stereocenters. The Morgan fingerprint density at radius 1 is 1.05 bits per heavy atom. The average molecular weight is 323 g/mol. The van der Waals surface area contributed by atoms with Crippen LogP contribution in [0.25, 0.3) is 0 Å². The minimum atomic E-state index is -0.0626. The minimum absolute atomic E-state index is 0.0626. The fraction of sp³-hybridized carbons (Fsp3) is 0.294. The highest BCUT2D eigenvalue weighted by atomic mass is 35.5. The van der Waals surface area contributed by atoms with E-state index >= 15 is 0 Å². The summed E-state index contributed by atoms with van der Waals surface area (Å²) in [5, 5.41) is 1.29. The number of nitrogens with zero attached hydrogens (tertiary/aromatic N) is 1. The van der Waals surface area contributed by atoms with Crippen molar-refractivity contribution in [2.24, 2.45) is 5.73 Å². The molecular formula is C17H20Cl2N2. The highest BCUT2D eigenvalue weighted by Gasteiger charge is 2.21. The van der Waals surface area contributed by atoms with Crippen LogP contribution >= 0.6 is 23.2 Å². The lowest BCUT2D eigenvalue weighted by Crippen LogP contribution is -2.31. The maximum atomic E-state index is 6.33. The molecule has 0 aliphatic heterocycles. The van der Waals surface area contributed by atoms with Crippen molar-refractivity contribution in [1.82, 2.24) is 0 Å². The largest absolute Gasteiger partial charge is 0.366 e. The number of benzene rings is 2. The second-order valence-electron chi connectivity index (χ2n) is 5.34. The van der Waals surface area contributed by atoms with Crippen molar-refractivity contribution in [1.29, 1.82) is 0 Å². The molecule has 112 valence electrons. The molecule has 2 aromatic rings. The van der Waals surface area contributed by atoms with Gasteiger partial charge in [-0.3, -0.25) is 0 Å². The quantitative estimate of drug-likeness (QED) is 0.880. The predicted molar refractivity (Wildman–Crippen MR) is 92.6 cm³/mol. The first kappa shape index (κ1) is 16.2. The molecule has 4 heteroatoms. The summed E-state index contributed by atoms with van der Waals surface area (Å²) in [6, 6.07) is 11.9. The molecule has 2 aromatic carbocycles. The van der Waals surface area contributed by atoms with Crippen LogP contribution in [0.1, 0.15) is 22.7 Å². The lowest BCUT2D eigenvalue weighted by Gasteiger charge is -2.31. The molecule has 1 unspecified atom stereocenters. The van der Waals surface area contributed by atoms with Crippen molar-refractivity contribution >= 4 is 28.9 Å². The smallest absolute Gasteiger partial charge is 0.0690 e. The molecule has 2 nitrogen and oxygen atoms in total. The predicted octanol–water partition coefficient (Wildman–Crippen LogP) is 4.75. The Labute approximate surface area is 136 Å². The van der Waals surface area contributed by atoms with E-state index < -0.39 is 0 Å². The van der Waals surface area contributed by atoms with Gasteiger partial charge in [-0.15, -0.1) is 0 Å². The van der Waals surface area contributed by atoms with Gasteiger partial charge in [0, 0.05) is 34.9 Å². The Balaban J connectivity index is 2.45. The highest BCUT2D eigenvalue weighted by Crippen LogP contribution is 2.35. The molecule has 2 rings (SSSR count). The van der Waals surface area contributed by atoms with Crippen molar-refractivity contribution in [3.05, 3.63) is 63.1 Å². The van der Waals surface area contributed by atoms with E-state index in [4.69, 9.17) is 28.9 Å². The second-order valence-corrected chi connectivity index (χ2v) is 6.16. The first-order valence-electron chi connectivity index (χ1n) is 6.89. The lowest BCUT2D eigenvalue weighted by molar-refractivity contribution is 0.681. The Hall–Kier alpha value is -1.22. The van der Waals surface area contributed by atoms with E-state index in [-0.39, 0.29) is 6.04 Å². The third kappa shape index (κ3) is 3.52. The topological polar surface area (TPSA) is 29.3 Å². The molecule has 0 amide bonds. The lowest BCUT2D eigenvalue weighted by atomic mass is 10.0. The normalized spacial score (nSPS) is 12.3. The molecule has 0 spiro atoms. The van der Waals surface area contributed by atoms with Gasteiger partial charge in [-0.05, 0) is 49.2 Å². The fourth-order valence-corrected chi connectivity index (χ4v) is 3.28. The Morgan fingerprint density at radius 3 is 2.05 bits per heavy atom. The molecule has 0 saturated carbocycles. The van der Waals surface area contributed by atoms with Crippen LogP contribution in [0, 0.1) is 13.8 Å². The Kier molecular flexibility index (Phi) is 5.15. The summed E-state index contributed by atoms with van der Waals surface area (Å²) >= 11 is 12.7. The van der Waals surface area contributed by atoms with E-state index in [1.165, 1.54) is 11.1 Å². The van der Waals surface area contributed by atoms with E-state index in [0.29, 0.717) is 16.6 Å². The van der Waals surface area contributed by atoms with Gasteiger partial charge >= 0.3 is 0 Å². The maximum Gasteiger partial charge on any atom is 0.0690 e. The Morgan fingerprint density at radius 2 is 1.57 bits per heavy atom. The summed E-state index contributed by atoms with van der Waals surface area (Å²) in [5.74, 6) is 0. The van der Waals surface area contributed by atoms with Gasteiger partial charge in [-0.1, -0.05) is 35.3 Å². The van der Waals surface area contributed by atoms with Gasteiger partial charge in [0.25, 0.3) is 0 Å². The molecule has 21 heavy (non-hydrogen) atoms. The van der Waals surface area contributed by atoms with Crippen molar-refractivity contribution in [3.8, 4) is 0 Å². The van der Waals surface area contributed by atoms with Gasteiger partial charge in [0.1, 0.15) is 0 Å². The van der Waals surface area contributed by atoms with Crippen molar-refractivity contribution < 1.29 is 0 Å². The minimum Gasteiger partial charge on any atom is -0.366 e. The molecule has 0 aromatic heterocycles. The summed E-state index contributed by atoms with van der Waals surface area (Å²) < 4.78 is 0. The zero-order valence-electron chi connectivity index (χ0n) is 12.5. The molecule has 0 saturated heterocycles. The van der Waals surface area contributed by atoms with E-state index in [1.807, 2.05) is 25.2 Å². The van der Waals surface area contributed by atoms with Crippen LogP contribution in [0.5, 0.6) is 0 Å². The number of hydrogen-bond acceptors (Lipinski definition) is 2. The number of rotatable bonds is 4. The number of halogens is 2. The number of aryl methyl sites for hydroxylation is 2. The van der Waals surface area contributed by atoms with Crippen molar-refractivity contribution in [2.45, 2.75) is 19.9 Å². The average Bonchev–Trinajstić information content (AvgIpc) is 2.41. The third-order valence-electron chi connectivity index (χ3n) is 3.64. The molecule has 0 heterocycles. The van der Waals surface area contributed by atoms with Crippen LogP contribution < -0.4 is 10.6 Å². The number of anilines is 1. The zero-order valence-corrected chi connectivity index (χ0v) is 14.0. The zero-order chi connectivity index (χ0) is 15.6. The highest BCUT2D eigenvalue weighted by molar-refractivity contribution is 6.36. The summed E-state index contributed by atoms with van der Waals surface area (Å²) in [6.07, 6.45) is 0. The summed E-state index contributed by atoms with van der Waals surface area (Å²) in [5.41, 5.74) is 10.4. The van der Waals surface area contributed by atoms with Crippen molar-refractivity contribution in [3.63, 3.8) is 0 Å². The standard InChI is InChI=1S/C17H20Cl2N2/c1-11-7-12(2)9-13(8-11)21(3)16(10-20)17-14(18)5-4-6-15(17)19/h4-9,16H,10,20H2,1-3H3. The first-order chi connectivity index (χ1) is 9.93. The molecule has 0 radical (unpaired) electrons. The summed E-state index contributed by atoms with van der Waals surface area (Å²) in [7, 11) is 2.02. The van der Waals surface area contributed by atoms with E-state index in [0.717, 1.165) is 11.3 Å². The van der Waals surface area contributed by atoms with E-state index in [1.54, 1.807) is 0 Å². The maximum absolute atomic E-state index is 6.33. The monoisotopic (exact) mass is 322 g/mol. The second kappa shape index (κ2) is 6.69. The third-order valence-corrected chi connectivity index (χ3v) is 4.30. The van der Waals surface area contributed by atoms with Gasteiger partial charge in [0.05, 0.1) is 6.04 Å². The van der Waals surface area contributed by atoms with Gasteiger partial charge in [0.15, 0.2) is 0 Å². The fourth-order valence-electron chi connectivity index (χ4n) is 2.63. The van der Waals surface area contributed by atoms with Crippen LogP contribution in [0.4, 0.5) is 5.69 Å². The van der Waals surface area contributed by atoms with E-state index in [2.05, 4.69) is 36.9 Å². The van der Waals surface area contributed by atoms with Gasteiger partial charge < -0.3 is 10.6 Å². The molecule has 0 bridgehead atoms. The summed E-state index contributed by atoms with van der Waals surface area (Å²) in [4.78, 5) is 2.13. The van der Waals surface area contributed by atoms with Gasteiger partial charge in [-0.2, -0.15) is 0 Å². The number of nitrogens with two attached hydrogens (primary N) is 1. The molecule has 0 aliphatic rings. The summed E-state index contributed by atoms with van der Waals surface area (Å²) in [6.45, 7) is 4.61. The van der Waals surface area contributed by atoms with E-state index in [9.17, 15) is 0 Å². The van der Waals surface area contributed by atoms with Crippen LogP contribution in [-0.2, 0) is 0 Å². The van der Waals surface area contributed by atoms with Gasteiger partial charge in [-0.25, -0.2) is 0 Å². The number of likely N-dealkylation sites (N-methyl/N-ethyl adjacent to an activating group) is 1. The van der Waals surface area contributed by atoms with Crippen LogP contribution in [0.2, 0.25) is 10.0 Å². The first-order valence-corrected chi connectivity index (χ1v) is 7.64. The molecule has 0 aliphatic carbocycles. The van der Waals surface area contributed by atoms with Crippen LogP contribution in [0.3, 0.4) is 0 Å². The van der Waals surface area contributed by atoms with Crippen LogP contribution in [-0.4, -0.2) is 13.6 Å². The SMILES string of the molecule is Cc1cc(C)cc(N(C)C(CN)c2c(Cl)cccc2Cl)c1. The molecular weight excluding hydrogens is 303 g/mol. The van der Waals surface area contributed by atoms with Crippen molar-refractivity contribution in [2.75, 3.05) is 18.5 Å².